The number of hydrogen-bond donors (Lipinski definition) is 2. The Morgan fingerprint density at radius 1 is 1.00 bits per heavy atom. The van der Waals surface area contributed by atoms with Gasteiger partial charge in [0.15, 0.2) is 0 Å². The van der Waals surface area contributed by atoms with Crippen LogP contribution in [-0.4, -0.2) is 13.1 Å². The van der Waals surface area contributed by atoms with Gasteiger partial charge in [-0.3, -0.25) is 0 Å². The molecule has 0 atom stereocenters. The minimum Gasteiger partial charge on any atom is -1.00 e. The minimum absolute atomic E-state index is 0. The first-order valence-electron chi connectivity index (χ1n) is 2.32. The van der Waals surface area contributed by atoms with E-state index in [2.05, 4.69) is 0 Å². The molecule has 0 aromatic heterocycles. The third-order valence-corrected chi connectivity index (χ3v) is 0.658. The van der Waals surface area contributed by atoms with Crippen LogP contribution in [0.2, 0.25) is 0 Å². The normalized spacial score (nSPS) is 7.71. The van der Waals surface area contributed by atoms with Crippen LogP contribution in [0.25, 0.3) is 0 Å². The van der Waals surface area contributed by atoms with Crippen molar-refractivity contribution in [2.24, 2.45) is 11.5 Å². The van der Waals surface area contributed by atoms with Crippen LogP contribution in [0.15, 0.2) is 0 Å². The molecule has 0 aliphatic rings. The summed E-state index contributed by atoms with van der Waals surface area (Å²) in [5.41, 5.74) is 10.3. The van der Waals surface area contributed by atoms with Crippen molar-refractivity contribution < 1.29 is 31.0 Å². The van der Waals surface area contributed by atoms with Crippen LogP contribution in [0.4, 0.5) is 0 Å². The topological polar surface area (TPSA) is 52.0 Å². The summed E-state index contributed by atoms with van der Waals surface area (Å²) in [5.74, 6) is 0. The maximum absolute atomic E-state index is 5.16. The smallest absolute Gasteiger partial charge is 1.00 e. The van der Waals surface area contributed by atoms with Gasteiger partial charge in [-0.2, -0.15) is 0 Å². The summed E-state index contributed by atoms with van der Waals surface area (Å²) in [4.78, 5) is 0. The third-order valence-electron chi connectivity index (χ3n) is 0.658. The van der Waals surface area contributed by atoms with Crippen LogP contribution in [0, 0.1) is 0 Å². The van der Waals surface area contributed by atoms with E-state index in [-0.39, 0.29) is 31.0 Å². The van der Waals surface area contributed by atoms with Crippen molar-refractivity contribution in [2.45, 2.75) is 12.8 Å². The summed E-state index contributed by atoms with van der Waals surface area (Å²) < 4.78 is 0. The quantitative estimate of drug-likeness (QED) is 0.298. The molecule has 7 heavy (non-hydrogen) atoms. The van der Waals surface area contributed by atoms with Crippen LogP contribution >= 0.6 is 0 Å². The molecule has 0 bridgehead atoms. The largest absolute Gasteiger partial charge is 1.00 e. The summed E-state index contributed by atoms with van der Waals surface area (Å²) >= 11 is 0. The van der Waals surface area contributed by atoms with Crippen LogP contribution < -0.4 is 41.0 Å². The van der Waals surface area contributed by atoms with Crippen molar-refractivity contribution in [3.05, 3.63) is 0 Å². The van der Waals surface area contributed by atoms with E-state index in [0.29, 0.717) is 0 Å². The van der Waals surface area contributed by atoms with Gasteiger partial charge >= 0.3 is 29.6 Å². The Labute approximate surface area is 68.4 Å². The fourth-order valence-corrected chi connectivity index (χ4v) is 0.289. The Balaban J connectivity index is -0.000000125. The molecule has 0 saturated carbocycles. The van der Waals surface area contributed by atoms with Gasteiger partial charge in [0.05, 0.1) is 0 Å². The number of hydrogen-bond acceptors (Lipinski definition) is 2. The summed E-state index contributed by atoms with van der Waals surface area (Å²) in [6.07, 6.45) is 2.13. The number of unbranched alkanes of at least 4 members (excludes halogenated alkanes) is 1. The summed E-state index contributed by atoms with van der Waals surface area (Å²) in [6.45, 7) is 1.55. The Kier molecular flexibility index (Phi) is 15.5. The third kappa shape index (κ3) is 10.9. The molecule has 0 aliphatic heterocycles. The van der Waals surface area contributed by atoms with E-state index in [4.69, 9.17) is 11.5 Å². The molecule has 0 saturated heterocycles. The van der Waals surface area contributed by atoms with Crippen LogP contribution in [-0.2, 0) is 0 Å². The van der Waals surface area contributed by atoms with Gasteiger partial charge < -0.3 is 12.9 Å². The van der Waals surface area contributed by atoms with Crippen molar-refractivity contribution in [1.82, 2.24) is 0 Å². The van der Waals surface area contributed by atoms with Gasteiger partial charge in [-0.25, -0.2) is 0 Å². The molecular weight excluding hydrogens is 99.0 g/mol. The zero-order valence-corrected chi connectivity index (χ0v) is 6.98. The molecular formula is C4H13N2Na. The van der Waals surface area contributed by atoms with E-state index in [1.807, 2.05) is 0 Å². The Hall–Kier alpha value is 0.920. The standard InChI is InChI=1S/C4H12N2.Na.H/c5-3-1-2-4-6;;/h1-6H2;;/q;+1;-1. The molecule has 0 fully saturated rings. The van der Waals surface area contributed by atoms with Gasteiger partial charge in [-0.05, 0) is 25.9 Å². The van der Waals surface area contributed by atoms with Gasteiger partial charge in [0.2, 0.25) is 0 Å². The maximum atomic E-state index is 5.16. The van der Waals surface area contributed by atoms with Crippen molar-refractivity contribution in [2.75, 3.05) is 13.1 Å². The first kappa shape index (κ1) is 10.8. The predicted octanol–water partition coefficient (Wildman–Crippen LogP) is -3.20. The van der Waals surface area contributed by atoms with Gasteiger partial charge in [0.25, 0.3) is 0 Å². The van der Waals surface area contributed by atoms with Crippen LogP contribution in [0.3, 0.4) is 0 Å². The van der Waals surface area contributed by atoms with Gasteiger partial charge in [-0.1, -0.05) is 0 Å². The molecule has 0 aliphatic carbocycles. The molecule has 2 nitrogen and oxygen atoms in total. The summed E-state index contributed by atoms with van der Waals surface area (Å²) in [5, 5.41) is 0. The second-order valence-electron chi connectivity index (χ2n) is 1.28. The first-order chi connectivity index (χ1) is 2.91. The van der Waals surface area contributed by atoms with Crippen LogP contribution in [0.1, 0.15) is 14.3 Å². The SMILES string of the molecule is NCCCCN.[H-].[Na+]. The van der Waals surface area contributed by atoms with Crippen molar-refractivity contribution >= 4 is 0 Å². The second kappa shape index (κ2) is 10.0. The van der Waals surface area contributed by atoms with E-state index in [1.165, 1.54) is 0 Å². The average Bonchev–Trinajstić information content (AvgIpc) is 1.61. The minimum atomic E-state index is 0. The molecule has 0 amide bonds. The fraction of sp³-hybridized carbons (Fsp3) is 1.00. The zero-order chi connectivity index (χ0) is 4.83. The van der Waals surface area contributed by atoms with E-state index < -0.39 is 0 Å². The second-order valence-corrected chi connectivity index (χ2v) is 1.28. The Bertz CT molecular complexity index is 26.0. The first-order valence-corrected chi connectivity index (χ1v) is 2.32. The van der Waals surface area contributed by atoms with E-state index >= 15 is 0 Å². The van der Waals surface area contributed by atoms with Crippen molar-refractivity contribution in [3.63, 3.8) is 0 Å². The average molecular weight is 112 g/mol. The molecule has 0 rings (SSSR count). The van der Waals surface area contributed by atoms with E-state index in [9.17, 15) is 0 Å². The van der Waals surface area contributed by atoms with Gasteiger partial charge in [0.1, 0.15) is 0 Å². The van der Waals surface area contributed by atoms with Crippen molar-refractivity contribution in [3.8, 4) is 0 Å². The summed E-state index contributed by atoms with van der Waals surface area (Å²) in [6, 6.07) is 0. The molecule has 0 radical (unpaired) electrons. The molecule has 40 valence electrons. The molecule has 0 aromatic carbocycles. The molecule has 0 heterocycles. The van der Waals surface area contributed by atoms with Crippen molar-refractivity contribution in [1.29, 1.82) is 0 Å². The number of nitrogens with two attached hydrogens (primary N) is 2. The number of rotatable bonds is 3. The molecule has 3 heteroatoms. The van der Waals surface area contributed by atoms with Crippen LogP contribution in [0.5, 0.6) is 0 Å². The molecule has 0 unspecified atom stereocenters. The van der Waals surface area contributed by atoms with Gasteiger partial charge in [-0.15, -0.1) is 0 Å². The fourth-order valence-electron chi connectivity index (χ4n) is 0.289. The van der Waals surface area contributed by atoms with Gasteiger partial charge in [0, 0.05) is 0 Å². The molecule has 0 spiro atoms. The summed E-state index contributed by atoms with van der Waals surface area (Å²) in [7, 11) is 0. The monoisotopic (exact) mass is 112 g/mol. The maximum Gasteiger partial charge on any atom is 1.00 e. The predicted molar refractivity (Wildman–Crippen MR) is 28.5 cm³/mol. The molecule has 4 N–H and O–H groups in total. The zero-order valence-electron chi connectivity index (χ0n) is 5.98. The Morgan fingerprint density at radius 3 is 1.43 bits per heavy atom. The van der Waals surface area contributed by atoms with E-state index in [1.54, 1.807) is 0 Å². The Morgan fingerprint density at radius 2 is 1.29 bits per heavy atom. The molecule has 0 aromatic rings. The van der Waals surface area contributed by atoms with E-state index in [0.717, 1.165) is 25.9 Å².